The Morgan fingerprint density at radius 2 is 2.05 bits per heavy atom. The maximum atomic E-state index is 13.8. The molecule has 0 spiro atoms. The standard InChI is InChI=1S/C15H14ClFIN/c1-9-3-2-4-12(15(9)18)14(19)7-10-5-6-11(16)8-13(10)17/h2-6,8,14H,7,19H2,1H3. The van der Waals surface area contributed by atoms with Crippen LogP contribution >= 0.6 is 34.2 Å². The third-order valence-electron chi connectivity index (χ3n) is 3.08. The topological polar surface area (TPSA) is 26.0 Å². The van der Waals surface area contributed by atoms with E-state index in [2.05, 4.69) is 22.6 Å². The van der Waals surface area contributed by atoms with Crippen LogP contribution in [0, 0.1) is 16.3 Å². The molecule has 0 aliphatic carbocycles. The highest BCUT2D eigenvalue weighted by molar-refractivity contribution is 14.1. The molecule has 1 nitrogen and oxygen atoms in total. The van der Waals surface area contributed by atoms with Gasteiger partial charge in [0.05, 0.1) is 0 Å². The molecule has 0 heterocycles. The van der Waals surface area contributed by atoms with Gasteiger partial charge in [0, 0.05) is 14.6 Å². The second-order valence-electron chi connectivity index (χ2n) is 4.52. The van der Waals surface area contributed by atoms with E-state index < -0.39 is 0 Å². The molecule has 0 saturated heterocycles. The lowest BCUT2D eigenvalue weighted by Crippen LogP contribution is -2.16. The Hall–Kier alpha value is -0.650. The van der Waals surface area contributed by atoms with Crippen LogP contribution in [0.5, 0.6) is 0 Å². The fraction of sp³-hybridized carbons (Fsp3) is 0.200. The van der Waals surface area contributed by atoms with Crippen molar-refractivity contribution in [2.45, 2.75) is 19.4 Å². The maximum Gasteiger partial charge on any atom is 0.127 e. The molecule has 4 heteroatoms. The summed E-state index contributed by atoms with van der Waals surface area (Å²) in [4.78, 5) is 0. The first-order valence-electron chi connectivity index (χ1n) is 5.93. The van der Waals surface area contributed by atoms with Crippen LogP contribution in [-0.4, -0.2) is 0 Å². The molecule has 0 saturated carbocycles. The van der Waals surface area contributed by atoms with E-state index in [0.717, 1.165) is 9.13 Å². The first kappa shape index (κ1) is 14.8. The first-order chi connectivity index (χ1) is 8.99. The largest absolute Gasteiger partial charge is 0.324 e. The Labute approximate surface area is 131 Å². The molecule has 0 radical (unpaired) electrons. The lowest BCUT2D eigenvalue weighted by atomic mass is 9.98. The second kappa shape index (κ2) is 6.20. The normalized spacial score (nSPS) is 12.5. The Balaban J connectivity index is 2.25. The summed E-state index contributed by atoms with van der Waals surface area (Å²) in [5.41, 5.74) is 9.03. The summed E-state index contributed by atoms with van der Waals surface area (Å²) < 4.78 is 14.9. The fourth-order valence-electron chi connectivity index (χ4n) is 1.99. The summed E-state index contributed by atoms with van der Waals surface area (Å²) in [6.45, 7) is 2.04. The van der Waals surface area contributed by atoms with E-state index in [-0.39, 0.29) is 11.9 Å². The second-order valence-corrected chi connectivity index (χ2v) is 6.04. The van der Waals surface area contributed by atoms with Crippen molar-refractivity contribution in [2.75, 3.05) is 0 Å². The van der Waals surface area contributed by atoms with Crippen molar-refractivity contribution in [3.05, 3.63) is 67.5 Å². The number of aryl methyl sites for hydroxylation is 1. The van der Waals surface area contributed by atoms with Gasteiger partial charge in [-0.1, -0.05) is 35.9 Å². The van der Waals surface area contributed by atoms with Gasteiger partial charge in [0.1, 0.15) is 5.82 Å². The predicted molar refractivity (Wildman–Crippen MR) is 85.9 cm³/mol. The number of benzene rings is 2. The van der Waals surface area contributed by atoms with Crippen LogP contribution in [0.15, 0.2) is 36.4 Å². The van der Waals surface area contributed by atoms with Crippen LogP contribution in [0.2, 0.25) is 5.02 Å². The summed E-state index contributed by atoms with van der Waals surface area (Å²) in [5.74, 6) is -0.300. The zero-order chi connectivity index (χ0) is 14.0. The van der Waals surface area contributed by atoms with E-state index in [0.29, 0.717) is 17.0 Å². The van der Waals surface area contributed by atoms with Gasteiger partial charge in [-0.25, -0.2) is 4.39 Å². The van der Waals surface area contributed by atoms with Crippen molar-refractivity contribution >= 4 is 34.2 Å². The Kier molecular flexibility index (Phi) is 4.81. The van der Waals surface area contributed by atoms with Gasteiger partial charge in [0.15, 0.2) is 0 Å². The molecule has 0 aliphatic rings. The van der Waals surface area contributed by atoms with Crippen LogP contribution in [0.3, 0.4) is 0 Å². The van der Waals surface area contributed by atoms with Gasteiger partial charge < -0.3 is 5.73 Å². The predicted octanol–water partition coefficient (Wildman–Crippen LogP) is 4.63. The Morgan fingerprint density at radius 1 is 1.32 bits per heavy atom. The van der Waals surface area contributed by atoms with Gasteiger partial charge in [-0.05, 0) is 64.8 Å². The van der Waals surface area contributed by atoms with E-state index in [1.807, 2.05) is 25.1 Å². The number of rotatable bonds is 3. The number of hydrogen-bond acceptors (Lipinski definition) is 1. The van der Waals surface area contributed by atoms with Gasteiger partial charge in [-0.2, -0.15) is 0 Å². The highest BCUT2D eigenvalue weighted by Crippen LogP contribution is 2.25. The molecule has 0 bridgehead atoms. The molecule has 2 aromatic rings. The molecule has 2 aromatic carbocycles. The van der Waals surface area contributed by atoms with Crippen LogP contribution in [0.4, 0.5) is 4.39 Å². The average Bonchev–Trinajstić information content (AvgIpc) is 2.36. The molecule has 0 aromatic heterocycles. The summed E-state index contributed by atoms with van der Waals surface area (Å²) in [6, 6.07) is 10.5. The van der Waals surface area contributed by atoms with Gasteiger partial charge >= 0.3 is 0 Å². The molecular formula is C15H14ClFIN. The number of halogens is 3. The van der Waals surface area contributed by atoms with Crippen LogP contribution in [-0.2, 0) is 6.42 Å². The van der Waals surface area contributed by atoms with Crippen LogP contribution in [0.1, 0.15) is 22.7 Å². The minimum Gasteiger partial charge on any atom is -0.324 e. The van der Waals surface area contributed by atoms with E-state index in [9.17, 15) is 4.39 Å². The zero-order valence-corrected chi connectivity index (χ0v) is 13.4. The van der Waals surface area contributed by atoms with Gasteiger partial charge in [-0.15, -0.1) is 0 Å². The van der Waals surface area contributed by atoms with Gasteiger partial charge in [0.25, 0.3) is 0 Å². The van der Waals surface area contributed by atoms with Crippen molar-refractivity contribution in [1.29, 1.82) is 0 Å². The van der Waals surface area contributed by atoms with E-state index >= 15 is 0 Å². The molecule has 19 heavy (non-hydrogen) atoms. The minimum absolute atomic E-state index is 0.220. The number of nitrogens with two attached hydrogens (primary N) is 1. The molecule has 0 fully saturated rings. The van der Waals surface area contributed by atoms with Gasteiger partial charge in [0.2, 0.25) is 0 Å². The van der Waals surface area contributed by atoms with Crippen molar-refractivity contribution in [3.8, 4) is 0 Å². The molecule has 0 aliphatic heterocycles. The highest BCUT2D eigenvalue weighted by atomic mass is 127. The fourth-order valence-corrected chi connectivity index (χ4v) is 2.91. The van der Waals surface area contributed by atoms with Crippen molar-refractivity contribution in [2.24, 2.45) is 5.73 Å². The highest BCUT2D eigenvalue weighted by Gasteiger charge is 2.14. The summed E-state index contributed by atoms with van der Waals surface area (Å²) >= 11 is 8.03. The third kappa shape index (κ3) is 3.46. The summed E-state index contributed by atoms with van der Waals surface area (Å²) in [6.07, 6.45) is 0.461. The Bertz CT molecular complexity index is 601. The number of hydrogen-bond donors (Lipinski definition) is 1. The molecule has 2 N–H and O–H groups in total. The van der Waals surface area contributed by atoms with Crippen molar-refractivity contribution < 1.29 is 4.39 Å². The SMILES string of the molecule is Cc1cccc(C(N)Cc2ccc(Cl)cc2F)c1I. The van der Waals surface area contributed by atoms with Crippen molar-refractivity contribution in [1.82, 2.24) is 0 Å². The lowest BCUT2D eigenvalue weighted by molar-refractivity contribution is 0.593. The summed E-state index contributed by atoms with van der Waals surface area (Å²) in [7, 11) is 0. The minimum atomic E-state index is -0.300. The molecule has 1 unspecified atom stereocenters. The van der Waals surface area contributed by atoms with Gasteiger partial charge in [-0.3, -0.25) is 0 Å². The molecule has 0 amide bonds. The Morgan fingerprint density at radius 3 is 2.74 bits per heavy atom. The quantitative estimate of drug-likeness (QED) is 0.761. The molecule has 100 valence electrons. The van der Waals surface area contributed by atoms with Crippen LogP contribution in [0.25, 0.3) is 0 Å². The molecule has 2 rings (SSSR count). The third-order valence-corrected chi connectivity index (χ3v) is 4.78. The summed E-state index contributed by atoms with van der Waals surface area (Å²) in [5, 5.41) is 0.403. The van der Waals surface area contributed by atoms with Crippen LogP contribution < -0.4 is 5.73 Å². The molecule has 1 atom stereocenters. The van der Waals surface area contributed by atoms with E-state index in [1.54, 1.807) is 12.1 Å². The molecular weight excluding hydrogens is 376 g/mol. The van der Waals surface area contributed by atoms with E-state index in [4.69, 9.17) is 17.3 Å². The zero-order valence-electron chi connectivity index (χ0n) is 10.5. The maximum absolute atomic E-state index is 13.8. The smallest absolute Gasteiger partial charge is 0.127 e. The average molecular weight is 390 g/mol. The van der Waals surface area contributed by atoms with E-state index in [1.165, 1.54) is 11.6 Å². The first-order valence-corrected chi connectivity index (χ1v) is 7.39. The monoisotopic (exact) mass is 389 g/mol. The lowest BCUT2D eigenvalue weighted by Gasteiger charge is -2.16. The van der Waals surface area contributed by atoms with Crippen molar-refractivity contribution in [3.63, 3.8) is 0 Å².